The Hall–Kier alpha value is -2.15. The highest BCUT2D eigenvalue weighted by Crippen LogP contribution is 2.55. The third-order valence-electron chi connectivity index (χ3n) is 6.83. The molecule has 1 aromatic carbocycles. The van der Waals surface area contributed by atoms with Crippen LogP contribution in [0.5, 0.6) is 0 Å². The molecule has 29 heavy (non-hydrogen) atoms. The molecule has 0 spiro atoms. The number of nitrogens with zero attached hydrogens (tertiary/aromatic N) is 1. The number of para-hydroxylation sites is 1. The minimum absolute atomic E-state index is 0.00788. The summed E-state index contributed by atoms with van der Waals surface area (Å²) >= 11 is 1.59. The summed E-state index contributed by atoms with van der Waals surface area (Å²) in [4.78, 5) is 29.1. The predicted molar refractivity (Wildman–Crippen MR) is 114 cm³/mol. The summed E-state index contributed by atoms with van der Waals surface area (Å²) in [6, 6.07) is 7.84. The van der Waals surface area contributed by atoms with Crippen LogP contribution >= 0.6 is 11.3 Å². The van der Waals surface area contributed by atoms with Gasteiger partial charge in [0.05, 0.1) is 16.8 Å². The molecule has 3 amide bonds. The number of amides is 3. The zero-order valence-electron chi connectivity index (χ0n) is 16.6. The molecule has 4 saturated carbocycles. The van der Waals surface area contributed by atoms with Crippen molar-refractivity contribution in [2.24, 2.45) is 17.8 Å². The van der Waals surface area contributed by atoms with Crippen molar-refractivity contribution in [3.05, 3.63) is 29.3 Å². The van der Waals surface area contributed by atoms with E-state index in [1.807, 2.05) is 24.3 Å². The molecule has 0 atom stereocenters. The van der Waals surface area contributed by atoms with Gasteiger partial charge >= 0.3 is 6.03 Å². The molecule has 4 fully saturated rings. The SMILES string of the molecule is O=C(CCNC(=O)NC12CC3CC(CC(C3)C1)C2)NCc1nc2ccccc2s1. The molecule has 0 saturated heterocycles. The smallest absolute Gasteiger partial charge is 0.315 e. The molecule has 6 rings (SSSR count). The summed E-state index contributed by atoms with van der Waals surface area (Å²) < 4.78 is 1.12. The monoisotopic (exact) mass is 412 g/mol. The topological polar surface area (TPSA) is 83.1 Å². The van der Waals surface area contributed by atoms with Crippen LogP contribution in [0.25, 0.3) is 10.2 Å². The largest absolute Gasteiger partial charge is 0.350 e. The molecule has 2 aromatic rings. The van der Waals surface area contributed by atoms with Gasteiger partial charge in [-0.25, -0.2) is 9.78 Å². The van der Waals surface area contributed by atoms with Gasteiger partial charge < -0.3 is 16.0 Å². The van der Waals surface area contributed by atoms with Gasteiger partial charge in [-0.1, -0.05) is 12.1 Å². The second-order valence-electron chi connectivity index (χ2n) is 9.18. The van der Waals surface area contributed by atoms with Crippen LogP contribution in [-0.2, 0) is 11.3 Å². The summed E-state index contributed by atoms with van der Waals surface area (Å²) in [6.07, 6.45) is 7.75. The first-order valence-electron chi connectivity index (χ1n) is 10.7. The van der Waals surface area contributed by atoms with E-state index in [0.717, 1.165) is 52.2 Å². The van der Waals surface area contributed by atoms with E-state index in [2.05, 4.69) is 20.9 Å². The lowest BCUT2D eigenvalue weighted by Crippen LogP contribution is -2.61. The quantitative estimate of drug-likeness (QED) is 0.678. The van der Waals surface area contributed by atoms with Crippen LogP contribution in [0.2, 0.25) is 0 Å². The van der Waals surface area contributed by atoms with E-state index in [9.17, 15) is 9.59 Å². The number of benzene rings is 1. The molecule has 4 bridgehead atoms. The molecule has 0 aliphatic heterocycles. The second kappa shape index (κ2) is 7.59. The Labute approximate surface area is 174 Å². The van der Waals surface area contributed by atoms with Crippen LogP contribution in [0.1, 0.15) is 50.0 Å². The zero-order chi connectivity index (χ0) is 19.8. The Morgan fingerprint density at radius 1 is 1.03 bits per heavy atom. The Morgan fingerprint density at radius 2 is 1.72 bits per heavy atom. The van der Waals surface area contributed by atoms with Crippen LogP contribution in [0.4, 0.5) is 4.79 Å². The molecule has 1 heterocycles. The Balaban J connectivity index is 1.04. The zero-order valence-corrected chi connectivity index (χ0v) is 17.4. The van der Waals surface area contributed by atoms with Gasteiger partial charge in [0.25, 0.3) is 0 Å². The van der Waals surface area contributed by atoms with E-state index >= 15 is 0 Å². The predicted octanol–water partition coefficient (Wildman–Crippen LogP) is 3.57. The van der Waals surface area contributed by atoms with Crippen molar-refractivity contribution in [3.8, 4) is 0 Å². The lowest BCUT2D eigenvalue weighted by Gasteiger charge is -2.56. The normalized spacial score (nSPS) is 29.7. The maximum atomic E-state index is 12.4. The molecule has 1 aromatic heterocycles. The maximum absolute atomic E-state index is 12.4. The highest BCUT2D eigenvalue weighted by molar-refractivity contribution is 7.18. The molecular formula is C22H28N4O2S. The molecule has 154 valence electrons. The van der Waals surface area contributed by atoms with Crippen molar-refractivity contribution < 1.29 is 9.59 Å². The van der Waals surface area contributed by atoms with Crippen molar-refractivity contribution in [3.63, 3.8) is 0 Å². The van der Waals surface area contributed by atoms with E-state index < -0.39 is 0 Å². The van der Waals surface area contributed by atoms with Gasteiger partial charge in [-0.05, 0) is 68.4 Å². The molecule has 3 N–H and O–H groups in total. The number of rotatable bonds is 6. The number of aromatic nitrogens is 1. The van der Waals surface area contributed by atoms with Crippen molar-refractivity contribution in [2.45, 2.75) is 57.0 Å². The minimum atomic E-state index is -0.120. The van der Waals surface area contributed by atoms with E-state index in [1.54, 1.807) is 11.3 Å². The molecule has 4 aliphatic rings. The molecule has 0 radical (unpaired) electrons. The van der Waals surface area contributed by atoms with Crippen molar-refractivity contribution in [1.82, 2.24) is 20.9 Å². The standard InChI is InChI=1S/C22H28N4O2S/c27-19(24-13-20-25-17-3-1-2-4-18(17)29-20)5-6-23-21(28)26-22-10-14-7-15(11-22)9-16(8-14)12-22/h1-4,14-16H,5-13H2,(H,24,27)(H2,23,26,28). The summed E-state index contributed by atoms with van der Waals surface area (Å²) in [5, 5.41) is 9.96. The van der Waals surface area contributed by atoms with Crippen LogP contribution in [0, 0.1) is 17.8 Å². The molecule has 4 aliphatic carbocycles. The van der Waals surface area contributed by atoms with E-state index in [1.165, 1.54) is 19.3 Å². The lowest BCUT2D eigenvalue weighted by atomic mass is 9.53. The van der Waals surface area contributed by atoms with Gasteiger partial charge in [0.2, 0.25) is 5.91 Å². The van der Waals surface area contributed by atoms with Gasteiger partial charge in [0.1, 0.15) is 5.01 Å². The number of carbonyl (C=O) groups is 2. The highest BCUT2D eigenvalue weighted by Gasteiger charge is 2.51. The van der Waals surface area contributed by atoms with Gasteiger partial charge in [-0.3, -0.25) is 4.79 Å². The number of nitrogens with one attached hydrogen (secondary N) is 3. The van der Waals surface area contributed by atoms with E-state index in [4.69, 9.17) is 0 Å². The van der Waals surface area contributed by atoms with E-state index in [0.29, 0.717) is 13.1 Å². The fourth-order valence-electron chi connectivity index (χ4n) is 6.10. The van der Waals surface area contributed by atoms with Gasteiger partial charge in [-0.2, -0.15) is 0 Å². The number of thiazole rings is 1. The van der Waals surface area contributed by atoms with Gasteiger partial charge in [0.15, 0.2) is 0 Å². The van der Waals surface area contributed by atoms with E-state index in [-0.39, 0.29) is 23.9 Å². The Bertz CT molecular complexity index is 856. The summed E-state index contributed by atoms with van der Waals surface area (Å²) in [6.45, 7) is 0.779. The first kappa shape index (κ1) is 18.9. The van der Waals surface area contributed by atoms with Crippen molar-refractivity contribution >= 4 is 33.5 Å². The second-order valence-corrected chi connectivity index (χ2v) is 10.3. The Morgan fingerprint density at radius 3 is 2.41 bits per heavy atom. The van der Waals surface area contributed by atoms with Crippen LogP contribution in [-0.4, -0.2) is 29.0 Å². The first-order chi connectivity index (χ1) is 14.1. The minimum Gasteiger partial charge on any atom is -0.350 e. The molecule has 6 nitrogen and oxygen atoms in total. The average Bonchev–Trinajstić information content (AvgIpc) is 3.08. The molecule has 0 unspecified atom stereocenters. The average molecular weight is 413 g/mol. The molecule has 7 heteroatoms. The number of hydrogen-bond acceptors (Lipinski definition) is 4. The summed E-state index contributed by atoms with van der Waals surface area (Å²) in [7, 11) is 0. The number of fused-ring (bicyclic) bond motifs is 1. The Kier molecular flexibility index (Phi) is 4.94. The van der Waals surface area contributed by atoms with Gasteiger partial charge in [0, 0.05) is 18.5 Å². The third-order valence-corrected chi connectivity index (χ3v) is 7.87. The summed E-state index contributed by atoms with van der Waals surface area (Å²) in [5.41, 5.74) is 0.971. The fourth-order valence-corrected chi connectivity index (χ4v) is 7.00. The fraction of sp³-hybridized carbons (Fsp3) is 0.591. The summed E-state index contributed by atoms with van der Waals surface area (Å²) in [5.74, 6) is 2.33. The van der Waals surface area contributed by atoms with Crippen LogP contribution in [0.3, 0.4) is 0 Å². The first-order valence-corrected chi connectivity index (χ1v) is 11.6. The van der Waals surface area contributed by atoms with Crippen LogP contribution < -0.4 is 16.0 Å². The number of carbonyl (C=O) groups excluding carboxylic acids is 2. The molecular weight excluding hydrogens is 384 g/mol. The van der Waals surface area contributed by atoms with Crippen LogP contribution in [0.15, 0.2) is 24.3 Å². The number of hydrogen-bond donors (Lipinski definition) is 3. The number of urea groups is 1. The maximum Gasteiger partial charge on any atom is 0.315 e. The van der Waals surface area contributed by atoms with Crippen molar-refractivity contribution in [1.29, 1.82) is 0 Å². The third kappa shape index (κ3) is 4.10. The highest BCUT2D eigenvalue weighted by atomic mass is 32.1. The lowest BCUT2D eigenvalue weighted by molar-refractivity contribution is -0.121. The van der Waals surface area contributed by atoms with Crippen molar-refractivity contribution in [2.75, 3.05) is 6.54 Å². The van der Waals surface area contributed by atoms with Gasteiger partial charge in [-0.15, -0.1) is 11.3 Å².